The van der Waals surface area contributed by atoms with Gasteiger partial charge in [0.1, 0.15) is 5.69 Å². The normalized spacial score (nSPS) is 19.3. The van der Waals surface area contributed by atoms with Gasteiger partial charge in [0.25, 0.3) is 5.91 Å². The van der Waals surface area contributed by atoms with E-state index in [9.17, 15) is 18.0 Å². The lowest BCUT2D eigenvalue weighted by Gasteiger charge is -2.58. The van der Waals surface area contributed by atoms with Crippen LogP contribution in [0.15, 0.2) is 54.7 Å². The van der Waals surface area contributed by atoms with Crippen LogP contribution in [0.4, 0.5) is 13.2 Å². The number of amides is 1. The fourth-order valence-electron chi connectivity index (χ4n) is 4.72. The van der Waals surface area contributed by atoms with Gasteiger partial charge in [-0.25, -0.2) is 9.78 Å². The topological polar surface area (TPSA) is 98.8 Å². The van der Waals surface area contributed by atoms with E-state index in [0.717, 1.165) is 43.4 Å². The van der Waals surface area contributed by atoms with E-state index in [1.54, 1.807) is 6.20 Å². The van der Waals surface area contributed by atoms with Crippen LogP contribution in [0.2, 0.25) is 0 Å². The van der Waals surface area contributed by atoms with Gasteiger partial charge in [0.05, 0.1) is 12.1 Å². The van der Waals surface area contributed by atoms with Crippen LogP contribution in [0.3, 0.4) is 0 Å². The number of hydrogen-bond donors (Lipinski definition) is 2. The molecule has 1 spiro atoms. The number of aromatic nitrogens is 2. The van der Waals surface area contributed by atoms with Crippen molar-refractivity contribution in [2.24, 2.45) is 5.92 Å². The number of nitrogens with zero attached hydrogens (tertiary/aromatic N) is 3. The highest BCUT2D eigenvalue weighted by Crippen LogP contribution is 2.39. The molecular formula is C25H27F3N4O4. The number of aliphatic carboxylic acids is 1. The number of halogens is 3. The third-order valence-electron chi connectivity index (χ3n) is 6.72. The molecule has 0 aliphatic carbocycles. The van der Waals surface area contributed by atoms with Gasteiger partial charge in [-0.1, -0.05) is 24.3 Å². The first-order chi connectivity index (χ1) is 17.1. The van der Waals surface area contributed by atoms with Gasteiger partial charge < -0.3 is 19.7 Å². The first-order valence-corrected chi connectivity index (χ1v) is 11.5. The Labute approximate surface area is 205 Å². The van der Waals surface area contributed by atoms with Crippen molar-refractivity contribution in [2.45, 2.75) is 24.6 Å². The summed E-state index contributed by atoms with van der Waals surface area (Å²) in [5.74, 6) is -1.50. The number of H-pyrrole nitrogens is 1. The van der Waals surface area contributed by atoms with E-state index in [1.807, 2.05) is 53.4 Å². The van der Waals surface area contributed by atoms with Crippen LogP contribution in [-0.2, 0) is 4.79 Å². The summed E-state index contributed by atoms with van der Waals surface area (Å²) in [6.07, 6.45) is -1.17. The first kappa shape index (κ1) is 25.5. The number of benzene rings is 1. The highest BCUT2D eigenvalue weighted by molar-refractivity contribution is 5.98. The van der Waals surface area contributed by atoms with Crippen molar-refractivity contribution in [3.63, 3.8) is 0 Å². The van der Waals surface area contributed by atoms with Crippen molar-refractivity contribution >= 4 is 22.8 Å². The molecule has 4 heterocycles. The minimum atomic E-state index is -5.08. The number of ether oxygens (including phenoxy) is 1. The third kappa shape index (κ3) is 5.62. The number of piperidine rings is 1. The first-order valence-electron chi connectivity index (χ1n) is 11.5. The molecule has 0 radical (unpaired) electrons. The molecule has 8 nitrogen and oxygen atoms in total. The predicted molar refractivity (Wildman–Crippen MR) is 126 cm³/mol. The minimum Gasteiger partial charge on any atom is -0.477 e. The average Bonchev–Trinajstić information content (AvgIpc) is 3.27. The summed E-state index contributed by atoms with van der Waals surface area (Å²) >= 11 is 0. The van der Waals surface area contributed by atoms with Crippen LogP contribution in [0.25, 0.3) is 10.9 Å². The van der Waals surface area contributed by atoms with Crippen molar-refractivity contribution in [3.8, 4) is 5.88 Å². The Morgan fingerprint density at radius 3 is 2.53 bits per heavy atom. The molecule has 2 N–H and O–H groups in total. The molecule has 2 aliphatic heterocycles. The fourth-order valence-corrected chi connectivity index (χ4v) is 4.72. The van der Waals surface area contributed by atoms with E-state index < -0.39 is 12.1 Å². The number of aromatic amines is 1. The number of carboxylic acids is 1. The Balaban J connectivity index is 0.000000384. The quantitative estimate of drug-likeness (QED) is 0.561. The van der Waals surface area contributed by atoms with Crippen molar-refractivity contribution < 1.29 is 32.6 Å². The summed E-state index contributed by atoms with van der Waals surface area (Å²) < 4.78 is 37.6. The number of nitrogens with one attached hydrogen (secondary N) is 1. The minimum absolute atomic E-state index is 0.0675. The van der Waals surface area contributed by atoms with Gasteiger partial charge in [0, 0.05) is 36.3 Å². The molecule has 2 aromatic heterocycles. The number of alkyl halides is 3. The summed E-state index contributed by atoms with van der Waals surface area (Å²) in [6, 6.07) is 15.7. The van der Waals surface area contributed by atoms with Gasteiger partial charge in [-0.3, -0.25) is 9.69 Å². The highest BCUT2D eigenvalue weighted by Gasteiger charge is 2.51. The number of fused-ring (bicyclic) bond motifs is 1. The predicted octanol–water partition coefficient (Wildman–Crippen LogP) is 3.81. The van der Waals surface area contributed by atoms with Crippen LogP contribution in [0, 0.1) is 5.92 Å². The van der Waals surface area contributed by atoms with E-state index >= 15 is 0 Å². The Hall–Kier alpha value is -3.60. The van der Waals surface area contributed by atoms with Crippen molar-refractivity contribution in [3.05, 3.63) is 60.4 Å². The molecule has 36 heavy (non-hydrogen) atoms. The average molecular weight is 505 g/mol. The second-order valence-corrected chi connectivity index (χ2v) is 9.22. The molecule has 2 saturated heterocycles. The zero-order valence-electron chi connectivity index (χ0n) is 19.7. The van der Waals surface area contributed by atoms with Crippen molar-refractivity contribution in [1.29, 1.82) is 0 Å². The zero-order valence-corrected chi connectivity index (χ0v) is 19.7. The number of para-hydroxylation sites is 1. The fraction of sp³-hybridized carbons (Fsp3) is 0.400. The highest BCUT2D eigenvalue weighted by atomic mass is 19.4. The lowest BCUT2D eigenvalue weighted by Crippen LogP contribution is -2.72. The number of likely N-dealkylation sites (tertiary alicyclic amines) is 2. The van der Waals surface area contributed by atoms with E-state index in [-0.39, 0.29) is 11.4 Å². The summed E-state index contributed by atoms with van der Waals surface area (Å²) in [5, 5.41) is 8.20. The molecule has 1 unspecified atom stereocenters. The number of rotatable bonds is 4. The maximum absolute atomic E-state index is 13.0. The number of likely N-dealkylation sites (N-methyl/N-ethyl adjacent to an activating group) is 1. The number of pyridine rings is 1. The van der Waals surface area contributed by atoms with Crippen LogP contribution in [0.5, 0.6) is 5.88 Å². The van der Waals surface area contributed by atoms with Crippen LogP contribution in [0.1, 0.15) is 23.3 Å². The lowest BCUT2D eigenvalue weighted by molar-refractivity contribution is -0.192. The van der Waals surface area contributed by atoms with Gasteiger partial charge in [-0.05, 0) is 50.6 Å². The molecule has 0 saturated carbocycles. The smallest absolute Gasteiger partial charge is 0.477 e. The van der Waals surface area contributed by atoms with E-state index in [2.05, 4.69) is 21.9 Å². The molecule has 1 aromatic carbocycles. The zero-order chi connectivity index (χ0) is 25.9. The molecule has 5 rings (SSSR count). The van der Waals surface area contributed by atoms with Crippen molar-refractivity contribution in [1.82, 2.24) is 19.8 Å². The maximum atomic E-state index is 13.0. The molecule has 1 amide bonds. The van der Waals surface area contributed by atoms with Crippen LogP contribution >= 0.6 is 0 Å². The molecule has 2 fully saturated rings. The second kappa shape index (κ2) is 10.2. The van der Waals surface area contributed by atoms with Crippen LogP contribution in [-0.4, -0.2) is 81.8 Å². The number of carboxylic acid groups (broad SMARTS) is 1. The molecule has 1 atom stereocenters. The van der Waals surface area contributed by atoms with Crippen molar-refractivity contribution in [2.75, 3.05) is 33.3 Å². The summed E-state index contributed by atoms with van der Waals surface area (Å²) in [5.41, 5.74) is 1.75. The molecule has 3 aromatic rings. The number of carbonyl (C=O) groups excluding carboxylic acids is 1. The third-order valence-corrected chi connectivity index (χ3v) is 6.72. The number of carbonyl (C=O) groups is 2. The van der Waals surface area contributed by atoms with Gasteiger partial charge in [-0.15, -0.1) is 0 Å². The van der Waals surface area contributed by atoms with E-state index in [1.165, 1.54) is 0 Å². The lowest BCUT2D eigenvalue weighted by atomic mass is 9.75. The Morgan fingerprint density at radius 1 is 1.19 bits per heavy atom. The SMILES string of the molecule is CN1CCC(COc2ccccn2)CC12CN(C(=O)c1cc3ccccc3[nH]1)C2.O=C(O)C(F)(F)F. The van der Waals surface area contributed by atoms with Gasteiger partial charge in [-0.2, -0.15) is 13.2 Å². The van der Waals surface area contributed by atoms with Gasteiger partial charge in [0.15, 0.2) is 0 Å². The standard InChI is InChI=1S/C23H26N4O2.C2HF3O2/c1-26-11-9-17(14-29-21-8-4-5-10-24-21)13-23(26)15-27(16-23)22(28)20-12-18-6-2-3-7-19(18)25-20;3-2(4,5)1(6)7/h2-8,10,12,17,25H,9,11,13-16H2,1H3;(H,6,7). The van der Waals surface area contributed by atoms with Crippen LogP contribution < -0.4 is 4.74 Å². The second-order valence-electron chi connectivity index (χ2n) is 9.22. The number of hydrogen-bond acceptors (Lipinski definition) is 5. The molecule has 0 bridgehead atoms. The summed E-state index contributed by atoms with van der Waals surface area (Å²) in [7, 11) is 2.18. The van der Waals surface area contributed by atoms with E-state index in [4.69, 9.17) is 14.6 Å². The Bertz CT molecular complexity index is 1180. The largest absolute Gasteiger partial charge is 0.490 e. The van der Waals surface area contributed by atoms with Gasteiger partial charge >= 0.3 is 12.1 Å². The summed E-state index contributed by atoms with van der Waals surface area (Å²) in [4.78, 5) is 33.8. The molecule has 11 heteroatoms. The van der Waals surface area contributed by atoms with E-state index in [0.29, 0.717) is 24.1 Å². The Kier molecular flexibility index (Phi) is 7.21. The molecule has 192 valence electrons. The van der Waals surface area contributed by atoms with Gasteiger partial charge in [0.2, 0.25) is 5.88 Å². The monoisotopic (exact) mass is 504 g/mol. The Morgan fingerprint density at radius 2 is 1.89 bits per heavy atom. The maximum Gasteiger partial charge on any atom is 0.490 e. The molecular weight excluding hydrogens is 477 g/mol. The summed E-state index contributed by atoms with van der Waals surface area (Å²) in [6.45, 7) is 3.27. The molecule has 2 aliphatic rings.